The summed E-state index contributed by atoms with van der Waals surface area (Å²) in [6.45, 7) is 4.54. The van der Waals surface area contributed by atoms with E-state index in [9.17, 15) is 0 Å². The van der Waals surface area contributed by atoms with Crippen molar-refractivity contribution in [3.8, 4) is 5.75 Å². The molecule has 6 heteroatoms. The summed E-state index contributed by atoms with van der Waals surface area (Å²) in [5, 5.41) is 7.22. The first kappa shape index (κ1) is 18.0. The highest BCUT2D eigenvalue weighted by atomic mass is 35.5. The summed E-state index contributed by atoms with van der Waals surface area (Å²) in [4.78, 5) is 9.00. The zero-order chi connectivity index (χ0) is 18.5. The predicted molar refractivity (Wildman–Crippen MR) is 107 cm³/mol. The molecule has 3 rings (SSSR count). The molecule has 0 radical (unpaired) electrons. The van der Waals surface area contributed by atoms with Crippen molar-refractivity contribution in [2.45, 2.75) is 20.4 Å². The van der Waals surface area contributed by atoms with Crippen LogP contribution in [0.2, 0.25) is 5.02 Å². The maximum absolute atomic E-state index is 6.17. The third-order valence-corrected chi connectivity index (χ3v) is 4.30. The lowest BCUT2D eigenvalue weighted by molar-refractivity contribution is 0.416. The first-order valence-corrected chi connectivity index (χ1v) is 8.67. The van der Waals surface area contributed by atoms with Gasteiger partial charge in [0.1, 0.15) is 11.6 Å². The van der Waals surface area contributed by atoms with Crippen molar-refractivity contribution in [1.29, 1.82) is 0 Å². The number of rotatable bonds is 6. The maximum Gasteiger partial charge on any atom is 0.225 e. The van der Waals surface area contributed by atoms with Gasteiger partial charge in [-0.05, 0) is 31.0 Å². The summed E-state index contributed by atoms with van der Waals surface area (Å²) in [6.07, 6.45) is 0. The van der Waals surface area contributed by atoms with Crippen LogP contribution in [0, 0.1) is 13.8 Å². The summed E-state index contributed by atoms with van der Waals surface area (Å²) in [5.41, 5.74) is 3.80. The largest absolute Gasteiger partial charge is 0.495 e. The lowest BCUT2D eigenvalue weighted by Gasteiger charge is -2.14. The average Bonchev–Trinajstić information content (AvgIpc) is 2.63. The van der Waals surface area contributed by atoms with Gasteiger partial charge in [0.2, 0.25) is 5.95 Å². The van der Waals surface area contributed by atoms with Crippen molar-refractivity contribution in [1.82, 2.24) is 9.97 Å². The van der Waals surface area contributed by atoms with E-state index in [2.05, 4.69) is 32.7 Å². The van der Waals surface area contributed by atoms with Gasteiger partial charge in [0.05, 0.1) is 12.8 Å². The molecule has 1 heterocycles. The van der Waals surface area contributed by atoms with Crippen molar-refractivity contribution in [2.24, 2.45) is 0 Å². The lowest BCUT2D eigenvalue weighted by atomic mass is 10.2. The number of aromatic nitrogens is 2. The van der Waals surface area contributed by atoms with E-state index < -0.39 is 0 Å². The van der Waals surface area contributed by atoms with Crippen LogP contribution in [-0.2, 0) is 6.54 Å². The second kappa shape index (κ2) is 8.06. The van der Waals surface area contributed by atoms with Crippen molar-refractivity contribution in [3.05, 3.63) is 70.4 Å². The summed E-state index contributed by atoms with van der Waals surface area (Å²) < 4.78 is 5.41. The molecule has 0 bridgehead atoms. The highest BCUT2D eigenvalue weighted by Gasteiger charge is 2.09. The van der Waals surface area contributed by atoms with Gasteiger partial charge in [0, 0.05) is 29.4 Å². The maximum atomic E-state index is 6.17. The van der Waals surface area contributed by atoms with Crippen LogP contribution in [0.3, 0.4) is 0 Å². The fourth-order valence-corrected chi connectivity index (χ4v) is 2.71. The van der Waals surface area contributed by atoms with Gasteiger partial charge in [0.15, 0.2) is 0 Å². The molecule has 2 aromatic carbocycles. The van der Waals surface area contributed by atoms with Gasteiger partial charge < -0.3 is 15.4 Å². The number of halogens is 1. The quantitative estimate of drug-likeness (QED) is 0.633. The fraction of sp³-hybridized carbons (Fsp3) is 0.200. The second-order valence-electron chi connectivity index (χ2n) is 5.98. The van der Waals surface area contributed by atoms with E-state index in [-0.39, 0.29) is 0 Å². The van der Waals surface area contributed by atoms with Crippen LogP contribution in [0.1, 0.15) is 16.8 Å². The minimum absolute atomic E-state index is 0.570. The van der Waals surface area contributed by atoms with Crippen LogP contribution >= 0.6 is 11.6 Å². The molecule has 1 aromatic heterocycles. The molecular weight excluding hydrogens is 348 g/mol. The van der Waals surface area contributed by atoms with Crippen LogP contribution in [0.5, 0.6) is 5.75 Å². The summed E-state index contributed by atoms with van der Waals surface area (Å²) in [6, 6.07) is 15.8. The standard InChI is InChI=1S/C20H21ClN4O/c1-13-9-17(18(26-3)11-16(13)21)24-19-10-14(2)23-20(25-19)22-12-15-7-5-4-6-8-15/h4-11H,12H2,1-3H3,(H2,22,23,24,25). The van der Waals surface area contributed by atoms with Crippen LogP contribution in [0.25, 0.3) is 0 Å². The Balaban J connectivity index is 1.81. The molecule has 26 heavy (non-hydrogen) atoms. The van der Waals surface area contributed by atoms with Crippen LogP contribution in [0.4, 0.5) is 17.5 Å². The van der Waals surface area contributed by atoms with Crippen molar-refractivity contribution in [2.75, 3.05) is 17.7 Å². The molecule has 0 amide bonds. The van der Waals surface area contributed by atoms with Crippen LogP contribution < -0.4 is 15.4 Å². The van der Waals surface area contributed by atoms with E-state index in [1.165, 1.54) is 5.56 Å². The SMILES string of the molecule is COc1cc(Cl)c(C)cc1Nc1cc(C)nc(NCc2ccccc2)n1. The lowest BCUT2D eigenvalue weighted by Crippen LogP contribution is -2.06. The number of nitrogens with one attached hydrogen (secondary N) is 2. The minimum atomic E-state index is 0.570. The number of benzene rings is 2. The molecule has 0 atom stereocenters. The van der Waals surface area contributed by atoms with E-state index in [1.54, 1.807) is 13.2 Å². The molecule has 0 fully saturated rings. The first-order valence-electron chi connectivity index (χ1n) is 8.30. The van der Waals surface area contributed by atoms with Gasteiger partial charge in [-0.15, -0.1) is 0 Å². The highest BCUT2D eigenvalue weighted by Crippen LogP contribution is 2.32. The number of anilines is 3. The number of nitrogens with zero attached hydrogens (tertiary/aromatic N) is 2. The van der Waals surface area contributed by atoms with Gasteiger partial charge >= 0.3 is 0 Å². The molecule has 0 unspecified atom stereocenters. The zero-order valence-electron chi connectivity index (χ0n) is 15.0. The van der Waals surface area contributed by atoms with Crippen molar-refractivity contribution < 1.29 is 4.74 Å². The number of aryl methyl sites for hydroxylation is 2. The molecule has 0 saturated heterocycles. The van der Waals surface area contributed by atoms with E-state index in [0.29, 0.717) is 29.1 Å². The first-order chi connectivity index (χ1) is 12.5. The Hall–Kier alpha value is -2.79. The number of ether oxygens (including phenoxy) is 1. The molecule has 5 nitrogen and oxygen atoms in total. The molecule has 0 spiro atoms. The third-order valence-electron chi connectivity index (χ3n) is 3.89. The Labute approximate surface area is 158 Å². The third kappa shape index (κ3) is 4.43. The Morgan fingerprint density at radius 2 is 1.81 bits per heavy atom. The zero-order valence-corrected chi connectivity index (χ0v) is 15.8. The number of hydrogen-bond donors (Lipinski definition) is 2. The summed E-state index contributed by atoms with van der Waals surface area (Å²) >= 11 is 6.17. The van der Waals surface area contributed by atoms with Gasteiger partial charge in [-0.1, -0.05) is 41.9 Å². The van der Waals surface area contributed by atoms with E-state index in [1.807, 2.05) is 44.2 Å². The molecular formula is C20H21ClN4O. The fourth-order valence-electron chi connectivity index (χ4n) is 2.56. The summed E-state index contributed by atoms with van der Waals surface area (Å²) in [7, 11) is 1.62. The van der Waals surface area contributed by atoms with E-state index in [0.717, 1.165) is 16.9 Å². The molecule has 0 aliphatic carbocycles. The van der Waals surface area contributed by atoms with Gasteiger partial charge in [-0.2, -0.15) is 4.98 Å². The molecule has 0 aliphatic heterocycles. The number of methoxy groups -OCH3 is 1. The highest BCUT2D eigenvalue weighted by molar-refractivity contribution is 6.31. The molecule has 3 aromatic rings. The van der Waals surface area contributed by atoms with Crippen LogP contribution in [-0.4, -0.2) is 17.1 Å². The predicted octanol–water partition coefficient (Wildman–Crippen LogP) is 5.11. The second-order valence-corrected chi connectivity index (χ2v) is 6.39. The monoisotopic (exact) mass is 368 g/mol. The molecule has 0 saturated carbocycles. The Bertz CT molecular complexity index is 900. The molecule has 2 N–H and O–H groups in total. The normalized spacial score (nSPS) is 10.5. The average molecular weight is 369 g/mol. The van der Waals surface area contributed by atoms with Gasteiger partial charge in [0.25, 0.3) is 0 Å². The molecule has 0 aliphatic rings. The Kier molecular flexibility index (Phi) is 5.58. The summed E-state index contributed by atoms with van der Waals surface area (Å²) in [5.74, 6) is 1.92. The Morgan fingerprint density at radius 1 is 1.04 bits per heavy atom. The van der Waals surface area contributed by atoms with E-state index >= 15 is 0 Å². The smallest absolute Gasteiger partial charge is 0.225 e. The van der Waals surface area contributed by atoms with E-state index in [4.69, 9.17) is 16.3 Å². The van der Waals surface area contributed by atoms with Crippen molar-refractivity contribution >= 4 is 29.1 Å². The number of hydrogen-bond acceptors (Lipinski definition) is 5. The van der Waals surface area contributed by atoms with Gasteiger partial charge in [-0.3, -0.25) is 0 Å². The topological polar surface area (TPSA) is 59.1 Å². The molecule has 134 valence electrons. The van der Waals surface area contributed by atoms with Gasteiger partial charge in [-0.25, -0.2) is 4.98 Å². The minimum Gasteiger partial charge on any atom is -0.495 e. The Morgan fingerprint density at radius 3 is 2.54 bits per heavy atom. The van der Waals surface area contributed by atoms with Crippen molar-refractivity contribution in [3.63, 3.8) is 0 Å². The van der Waals surface area contributed by atoms with Crippen LogP contribution in [0.15, 0.2) is 48.5 Å².